The summed E-state index contributed by atoms with van der Waals surface area (Å²) in [6.45, 7) is 2.76. The third-order valence-electron chi connectivity index (χ3n) is 3.84. The van der Waals surface area contributed by atoms with Gasteiger partial charge in [0.15, 0.2) is 5.96 Å². The number of hydrogen-bond donors (Lipinski definition) is 1. The van der Waals surface area contributed by atoms with E-state index in [1.807, 2.05) is 12.1 Å². The predicted molar refractivity (Wildman–Crippen MR) is 90.9 cm³/mol. The molecule has 0 amide bonds. The van der Waals surface area contributed by atoms with Gasteiger partial charge in [-0.1, -0.05) is 25.0 Å². The number of halogens is 1. The van der Waals surface area contributed by atoms with Crippen molar-refractivity contribution in [3.63, 3.8) is 0 Å². The van der Waals surface area contributed by atoms with Crippen LogP contribution in [-0.4, -0.2) is 37.6 Å². The largest absolute Gasteiger partial charge is 0.495 e. The van der Waals surface area contributed by atoms with E-state index in [4.69, 9.17) is 10.5 Å². The Kier molecular flexibility index (Phi) is 6.36. The average Bonchev–Trinajstić information content (AvgIpc) is 2.76. The minimum Gasteiger partial charge on any atom is -0.495 e. The zero-order chi connectivity index (χ0) is 15.1. The topological polar surface area (TPSA) is 50.9 Å². The zero-order valence-electron chi connectivity index (χ0n) is 12.6. The number of hydrogen-bond acceptors (Lipinski definition) is 2. The number of para-hydroxylation sites is 1. The van der Waals surface area contributed by atoms with Crippen LogP contribution in [0.1, 0.15) is 31.2 Å². The van der Waals surface area contributed by atoms with E-state index in [1.165, 1.54) is 25.7 Å². The maximum Gasteiger partial charge on any atom is 0.191 e. The molecule has 1 fully saturated rings. The van der Waals surface area contributed by atoms with E-state index in [2.05, 4.69) is 31.9 Å². The molecule has 1 aliphatic heterocycles. The maximum absolute atomic E-state index is 6.12. The van der Waals surface area contributed by atoms with Crippen molar-refractivity contribution >= 4 is 21.9 Å². The van der Waals surface area contributed by atoms with E-state index >= 15 is 0 Å². The van der Waals surface area contributed by atoms with Crippen LogP contribution in [0.3, 0.4) is 0 Å². The summed E-state index contributed by atoms with van der Waals surface area (Å²) in [6.07, 6.45) is 5.88. The second-order valence-corrected chi connectivity index (χ2v) is 6.18. The van der Waals surface area contributed by atoms with Gasteiger partial charge in [-0.2, -0.15) is 0 Å². The van der Waals surface area contributed by atoms with Crippen molar-refractivity contribution in [2.45, 2.75) is 32.1 Å². The minimum absolute atomic E-state index is 0.686. The predicted octanol–water partition coefficient (Wildman–Crippen LogP) is 3.19. The van der Waals surface area contributed by atoms with Crippen LogP contribution in [0.2, 0.25) is 0 Å². The van der Waals surface area contributed by atoms with Crippen LogP contribution in [0.4, 0.5) is 0 Å². The van der Waals surface area contributed by atoms with Crippen molar-refractivity contribution in [2.75, 3.05) is 26.7 Å². The minimum atomic E-state index is 0.686. The lowest BCUT2D eigenvalue weighted by Crippen LogP contribution is -2.38. The quantitative estimate of drug-likeness (QED) is 0.667. The molecule has 0 aromatic heterocycles. The summed E-state index contributed by atoms with van der Waals surface area (Å²) in [5.41, 5.74) is 7.27. The van der Waals surface area contributed by atoms with Gasteiger partial charge in [0.1, 0.15) is 5.75 Å². The molecule has 0 atom stereocenters. The number of nitrogens with two attached hydrogens (primary N) is 1. The number of nitrogens with zero attached hydrogens (tertiary/aromatic N) is 2. The lowest BCUT2D eigenvalue weighted by atomic mass is 10.1. The maximum atomic E-state index is 6.12. The summed E-state index contributed by atoms with van der Waals surface area (Å²) in [5.74, 6) is 1.58. The molecule has 5 heteroatoms. The molecule has 1 saturated heterocycles. The van der Waals surface area contributed by atoms with Gasteiger partial charge in [-0.05, 0) is 46.8 Å². The van der Waals surface area contributed by atoms with Crippen molar-refractivity contribution in [1.29, 1.82) is 0 Å². The first-order chi connectivity index (χ1) is 10.2. The monoisotopic (exact) mass is 353 g/mol. The Hall–Kier alpha value is -1.23. The summed E-state index contributed by atoms with van der Waals surface area (Å²) < 4.78 is 6.41. The Bertz CT molecular complexity index is 482. The van der Waals surface area contributed by atoms with Gasteiger partial charge in [0.25, 0.3) is 0 Å². The number of likely N-dealkylation sites (tertiary alicyclic amines) is 1. The van der Waals surface area contributed by atoms with E-state index in [9.17, 15) is 0 Å². The van der Waals surface area contributed by atoms with Crippen LogP contribution in [0.15, 0.2) is 27.7 Å². The van der Waals surface area contributed by atoms with Crippen LogP contribution >= 0.6 is 15.9 Å². The SMILES string of the molecule is COc1c(Br)cccc1CCN=C(N)N1CCCCCC1. The number of methoxy groups -OCH3 is 1. The van der Waals surface area contributed by atoms with Crippen molar-refractivity contribution < 1.29 is 4.74 Å². The number of benzene rings is 1. The van der Waals surface area contributed by atoms with Crippen molar-refractivity contribution in [3.8, 4) is 5.75 Å². The molecule has 0 spiro atoms. The average molecular weight is 354 g/mol. The first kappa shape index (κ1) is 16.1. The van der Waals surface area contributed by atoms with Crippen LogP contribution < -0.4 is 10.5 Å². The summed E-state index contributed by atoms with van der Waals surface area (Å²) in [7, 11) is 1.69. The van der Waals surface area contributed by atoms with Crippen molar-refractivity contribution in [2.24, 2.45) is 10.7 Å². The lowest BCUT2D eigenvalue weighted by molar-refractivity contribution is 0.407. The Morgan fingerprint density at radius 1 is 1.29 bits per heavy atom. The van der Waals surface area contributed by atoms with E-state index in [0.717, 1.165) is 35.3 Å². The smallest absolute Gasteiger partial charge is 0.191 e. The first-order valence-corrected chi connectivity index (χ1v) is 8.38. The molecule has 1 aliphatic rings. The fraction of sp³-hybridized carbons (Fsp3) is 0.562. The van der Waals surface area contributed by atoms with Gasteiger partial charge in [0.05, 0.1) is 11.6 Å². The van der Waals surface area contributed by atoms with E-state index in [0.29, 0.717) is 12.5 Å². The summed E-state index contributed by atoms with van der Waals surface area (Å²) in [5, 5.41) is 0. The Morgan fingerprint density at radius 2 is 2.00 bits per heavy atom. The number of rotatable bonds is 4. The van der Waals surface area contributed by atoms with Crippen molar-refractivity contribution in [3.05, 3.63) is 28.2 Å². The summed E-state index contributed by atoms with van der Waals surface area (Å²) in [4.78, 5) is 6.75. The lowest BCUT2D eigenvalue weighted by Gasteiger charge is -2.21. The fourth-order valence-corrected chi connectivity index (χ4v) is 3.24. The molecule has 4 nitrogen and oxygen atoms in total. The standard InChI is InChI=1S/C16H24BrN3O/c1-21-15-13(7-6-8-14(15)17)9-10-19-16(18)20-11-4-2-3-5-12-20/h6-8H,2-5,9-12H2,1H3,(H2,18,19). The molecule has 1 aromatic rings. The molecule has 0 unspecified atom stereocenters. The van der Waals surface area contributed by atoms with Crippen LogP contribution in [0.25, 0.3) is 0 Å². The number of aliphatic imine (C=N–C) groups is 1. The van der Waals surface area contributed by atoms with Gasteiger partial charge in [-0.25, -0.2) is 0 Å². The van der Waals surface area contributed by atoms with Gasteiger partial charge in [-0.3, -0.25) is 4.99 Å². The summed E-state index contributed by atoms with van der Waals surface area (Å²) in [6, 6.07) is 6.07. The molecular weight excluding hydrogens is 330 g/mol. The van der Waals surface area contributed by atoms with Gasteiger partial charge in [0, 0.05) is 19.6 Å². The molecule has 0 bridgehead atoms. The molecule has 0 saturated carbocycles. The molecule has 0 radical (unpaired) electrons. The highest BCUT2D eigenvalue weighted by molar-refractivity contribution is 9.10. The second-order valence-electron chi connectivity index (χ2n) is 5.32. The molecule has 1 heterocycles. The van der Waals surface area contributed by atoms with Gasteiger partial charge < -0.3 is 15.4 Å². The highest BCUT2D eigenvalue weighted by Gasteiger charge is 2.11. The molecule has 1 aromatic carbocycles. The second kappa shape index (κ2) is 8.27. The highest BCUT2D eigenvalue weighted by Crippen LogP contribution is 2.28. The van der Waals surface area contributed by atoms with E-state index < -0.39 is 0 Å². The molecule has 116 valence electrons. The van der Waals surface area contributed by atoms with Crippen molar-refractivity contribution in [1.82, 2.24) is 4.90 Å². The van der Waals surface area contributed by atoms with Gasteiger partial charge in [-0.15, -0.1) is 0 Å². The zero-order valence-corrected chi connectivity index (χ0v) is 14.2. The van der Waals surface area contributed by atoms with E-state index in [1.54, 1.807) is 7.11 Å². The van der Waals surface area contributed by atoms with Crippen LogP contribution in [0, 0.1) is 0 Å². The van der Waals surface area contributed by atoms with E-state index in [-0.39, 0.29) is 0 Å². The molecular formula is C16H24BrN3O. The molecule has 2 N–H and O–H groups in total. The fourth-order valence-electron chi connectivity index (χ4n) is 2.67. The highest BCUT2D eigenvalue weighted by atomic mass is 79.9. The summed E-state index contributed by atoms with van der Waals surface area (Å²) >= 11 is 3.51. The number of ether oxygens (including phenoxy) is 1. The van der Waals surface area contributed by atoms with Crippen LogP contribution in [0.5, 0.6) is 5.75 Å². The van der Waals surface area contributed by atoms with Gasteiger partial charge in [0.2, 0.25) is 0 Å². The van der Waals surface area contributed by atoms with Gasteiger partial charge >= 0.3 is 0 Å². The van der Waals surface area contributed by atoms with Crippen LogP contribution in [-0.2, 0) is 6.42 Å². The first-order valence-electron chi connectivity index (χ1n) is 7.58. The third-order valence-corrected chi connectivity index (χ3v) is 4.46. The third kappa shape index (κ3) is 4.63. The molecule has 2 rings (SSSR count). The Balaban J connectivity index is 1.93. The Morgan fingerprint density at radius 3 is 2.67 bits per heavy atom. The molecule has 21 heavy (non-hydrogen) atoms. The Labute approximate surface area is 135 Å². The normalized spacial score (nSPS) is 16.7. The molecule has 0 aliphatic carbocycles. The number of guanidine groups is 1.